The van der Waals surface area contributed by atoms with Crippen LogP contribution in [0.5, 0.6) is 0 Å². The number of fused-ring (bicyclic) bond motifs is 7. The normalized spacial score (nSPS) is 11.7. The van der Waals surface area contributed by atoms with Gasteiger partial charge >= 0.3 is 0 Å². The third kappa shape index (κ3) is 7.13. The van der Waals surface area contributed by atoms with Crippen molar-refractivity contribution in [3.05, 3.63) is 199 Å². The highest BCUT2D eigenvalue weighted by molar-refractivity contribution is 6.23. The number of aromatic nitrogens is 5. The van der Waals surface area contributed by atoms with Crippen LogP contribution in [0.3, 0.4) is 0 Å². The first-order valence-corrected chi connectivity index (χ1v) is 22.8. The van der Waals surface area contributed by atoms with Crippen LogP contribution in [-0.2, 0) is 12.8 Å². The van der Waals surface area contributed by atoms with Gasteiger partial charge in [-0.05, 0) is 108 Å². The summed E-state index contributed by atoms with van der Waals surface area (Å²) in [5.41, 5.74) is 14.8. The molecule has 11 aromatic rings. The van der Waals surface area contributed by atoms with Crippen molar-refractivity contribution in [3.8, 4) is 56.7 Å². The molecule has 310 valence electrons. The highest BCUT2D eigenvalue weighted by atomic mass is 15.2. The molecule has 0 bridgehead atoms. The Hall–Kier alpha value is -7.63. The van der Waals surface area contributed by atoms with Crippen LogP contribution in [0.1, 0.15) is 50.7 Å². The van der Waals surface area contributed by atoms with Gasteiger partial charge in [-0.1, -0.05) is 166 Å². The van der Waals surface area contributed by atoms with Gasteiger partial charge in [0, 0.05) is 38.4 Å². The smallest absolute Gasteiger partial charge is 0.238 e. The van der Waals surface area contributed by atoms with Crippen molar-refractivity contribution in [2.24, 2.45) is 0 Å². The molecule has 0 aliphatic carbocycles. The molecule has 0 saturated carbocycles. The fraction of sp³-hybridized carbons (Fsp3) is 0.136. The van der Waals surface area contributed by atoms with Gasteiger partial charge in [-0.2, -0.15) is 9.97 Å². The molecule has 3 aromatic heterocycles. The van der Waals surface area contributed by atoms with Gasteiger partial charge in [-0.15, -0.1) is 0 Å². The lowest BCUT2D eigenvalue weighted by molar-refractivity contribution is 0.796. The Morgan fingerprint density at radius 2 is 0.812 bits per heavy atom. The third-order valence-electron chi connectivity index (χ3n) is 12.7. The molecule has 11 rings (SSSR count). The van der Waals surface area contributed by atoms with Crippen LogP contribution in [0.2, 0.25) is 0 Å². The van der Waals surface area contributed by atoms with E-state index < -0.39 is 0 Å². The molecular formula is C59H49N5. The molecule has 64 heavy (non-hydrogen) atoms. The molecule has 0 spiro atoms. The summed E-state index contributed by atoms with van der Waals surface area (Å²) in [6.45, 7) is 4.53. The molecule has 0 N–H and O–H groups in total. The number of nitrogens with zero attached hydrogens (tertiary/aromatic N) is 5. The highest BCUT2D eigenvalue weighted by Crippen LogP contribution is 2.42. The van der Waals surface area contributed by atoms with Crippen LogP contribution >= 0.6 is 0 Å². The first-order valence-electron chi connectivity index (χ1n) is 22.8. The number of hydrogen-bond acceptors (Lipinski definition) is 3. The van der Waals surface area contributed by atoms with E-state index in [1.807, 2.05) is 18.2 Å². The Bertz CT molecular complexity index is 3460. The van der Waals surface area contributed by atoms with E-state index in [4.69, 9.17) is 15.0 Å². The van der Waals surface area contributed by atoms with E-state index in [1.165, 1.54) is 49.3 Å². The predicted molar refractivity (Wildman–Crippen MR) is 267 cm³/mol. The molecule has 0 aliphatic rings. The maximum atomic E-state index is 5.49. The Labute approximate surface area is 374 Å². The van der Waals surface area contributed by atoms with E-state index in [9.17, 15) is 0 Å². The number of aryl methyl sites for hydroxylation is 2. The van der Waals surface area contributed by atoms with Crippen LogP contribution in [0.15, 0.2) is 188 Å². The third-order valence-corrected chi connectivity index (χ3v) is 12.7. The molecule has 0 saturated heterocycles. The van der Waals surface area contributed by atoms with Crippen LogP contribution in [0.4, 0.5) is 0 Å². The summed E-state index contributed by atoms with van der Waals surface area (Å²) in [5.74, 6) is 1.83. The monoisotopic (exact) mass is 827 g/mol. The summed E-state index contributed by atoms with van der Waals surface area (Å²) in [6, 6.07) is 67.7. The van der Waals surface area contributed by atoms with Gasteiger partial charge in [-0.3, -0.25) is 4.57 Å². The number of hydrogen-bond donors (Lipinski definition) is 0. The molecule has 0 radical (unpaired) electrons. The van der Waals surface area contributed by atoms with Crippen molar-refractivity contribution in [3.63, 3.8) is 0 Å². The predicted octanol–water partition coefficient (Wildman–Crippen LogP) is 15.4. The average molecular weight is 828 g/mol. The maximum absolute atomic E-state index is 5.49. The van der Waals surface area contributed by atoms with E-state index in [2.05, 4.69) is 193 Å². The highest BCUT2D eigenvalue weighted by Gasteiger charge is 2.24. The second kappa shape index (κ2) is 16.9. The van der Waals surface area contributed by atoms with E-state index in [0.29, 0.717) is 17.6 Å². The number of para-hydroxylation sites is 1. The Morgan fingerprint density at radius 3 is 1.39 bits per heavy atom. The second-order valence-corrected chi connectivity index (χ2v) is 17.0. The molecule has 5 heteroatoms. The second-order valence-electron chi connectivity index (χ2n) is 17.0. The van der Waals surface area contributed by atoms with Crippen molar-refractivity contribution in [1.29, 1.82) is 0 Å². The van der Waals surface area contributed by atoms with Crippen molar-refractivity contribution in [1.82, 2.24) is 24.1 Å². The molecule has 0 atom stereocenters. The molecule has 0 amide bonds. The van der Waals surface area contributed by atoms with E-state index in [0.717, 1.165) is 83.0 Å². The molecule has 5 nitrogen and oxygen atoms in total. The van der Waals surface area contributed by atoms with Gasteiger partial charge in [0.2, 0.25) is 5.95 Å². The molecule has 0 fully saturated rings. The number of unbranched alkanes of at least 4 members (excludes halogenated alkanes) is 2. The average Bonchev–Trinajstić information content (AvgIpc) is 3.88. The first kappa shape index (κ1) is 39.2. The van der Waals surface area contributed by atoms with Crippen LogP contribution in [0.25, 0.3) is 100 Å². The lowest BCUT2D eigenvalue weighted by atomic mass is 9.98. The number of rotatable bonds is 12. The molecular weight excluding hydrogens is 779 g/mol. The summed E-state index contributed by atoms with van der Waals surface area (Å²) < 4.78 is 4.77. The number of benzene rings is 8. The topological polar surface area (TPSA) is 48.5 Å². The van der Waals surface area contributed by atoms with Gasteiger partial charge in [0.15, 0.2) is 11.6 Å². The van der Waals surface area contributed by atoms with Crippen molar-refractivity contribution >= 4 is 43.6 Å². The maximum Gasteiger partial charge on any atom is 0.238 e. The van der Waals surface area contributed by atoms with Gasteiger partial charge in [-0.25, -0.2) is 4.98 Å². The summed E-state index contributed by atoms with van der Waals surface area (Å²) in [7, 11) is 0. The molecule has 0 aliphatic heterocycles. The van der Waals surface area contributed by atoms with Crippen molar-refractivity contribution in [2.45, 2.75) is 52.4 Å². The van der Waals surface area contributed by atoms with Gasteiger partial charge in [0.05, 0.1) is 22.1 Å². The van der Waals surface area contributed by atoms with E-state index in [-0.39, 0.29) is 0 Å². The summed E-state index contributed by atoms with van der Waals surface area (Å²) in [6.07, 6.45) is 6.71. The van der Waals surface area contributed by atoms with E-state index >= 15 is 0 Å². The van der Waals surface area contributed by atoms with Gasteiger partial charge < -0.3 is 4.57 Å². The van der Waals surface area contributed by atoms with Crippen molar-refractivity contribution in [2.75, 3.05) is 0 Å². The SMILES string of the molecule is CCCCc1ccc2c(c1)c1ccc3c4cc(CCCC)ccc4n(-c4nc(-c5ccccc5)nc(-c5cccc(-c6cccc(-c7ccccc7)c6)c5)n4)c3c1n2-c1ccccc1. The van der Waals surface area contributed by atoms with Crippen LogP contribution in [0, 0.1) is 0 Å². The fourth-order valence-electron chi connectivity index (χ4n) is 9.48. The zero-order chi connectivity index (χ0) is 43.0. The quantitative estimate of drug-likeness (QED) is 0.123. The van der Waals surface area contributed by atoms with Gasteiger partial charge in [0.1, 0.15) is 0 Å². The minimum atomic E-state index is 0.586. The lowest BCUT2D eigenvalue weighted by Gasteiger charge is -2.14. The van der Waals surface area contributed by atoms with Crippen LogP contribution < -0.4 is 0 Å². The van der Waals surface area contributed by atoms with Crippen molar-refractivity contribution < 1.29 is 0 Å². The molecule has 8 aromatic carbocycles. The molecule has 3 heterocycles. The Kier molecular flexibility index (Phi) is 10.4. The summed E-state index contributed by atoms with van der Waals surface area (Å²) >= 11 is 0. The zero-order valence-electron chi connectivity index (χ0n) is 36.4. The molecule has 0 unspecified atom stereocenters. The largest absolute Gasteiger partial charge is 0.307 e. The van der Waals surface area contributed by atoms with Crippen LogP contribution in [-0.4, -0.2) is 24.1 Å². The standard InChI is InChI=1S/C59H49N5/c1-3-5-18-40-30-34-53-51(36-40)49-32-33-50-52-37-41(19-6-4-2)31-35-54(52)64(56(50)55(49)63(53)48-28-14-9-15-29-48)59-61-57(43-22-12-8-13-23-43)60-58(62-59)47-27-17-26-46(39-47)45-25-16-24-44(38-45)42-20-10-7-11-21-42/h7-17,20-39H,3-6,18-19H2,1-2H3. The van der Waals surface area contributed by atoms with Gasteiger partial charge in [0.25, 0.3) is 0 Å². The fourth-order valence-corrected chi connectivity index (χ4v) is 9.48. The minimum Gasteiger partial charge on any atom is -0.307 e. The zero-order valence-corrected chi connectivity index (χ0v) is 36.4. The summed E-state index contributed by atoms with van der Waals surface area (Å²) in [5, 5.41) is 4.84. The first-order chi connectivity index (χ1) is 31.6. The minimum absolute atomic E-state index is 0.586. The Morgan fingerprint density at radius 1 is 0.359 bits per heavy atom. The van der Waals surface area contributed by atoms with E-state index in [1.54, 1.807) is 0 Å². The Balaban J connectivity index is 1.20. The summed E-state index contributed by atoms with van der Waals surface area (Å²) in [4.78, 5) is 16.1. The lowest BCUT2D eigenvalue weighted by Crippen LogP contribution is -2.07.